The Bertz CT molecular complexity index is 1410. The van der Waals surface area contributed by atoms with Crippen molar-refractivity contribution in [3.05, 3.63) is 59.8 Å². The van der Waals surface area contributed by atoms with Crippen molar-refractivity contribution in [1.29, 1.82) is 0 Å². The molecule has 0 fully saturated rings. The number of carbonyl (C=O) groups is 1. The molecule has 0 unspecified atom stereocenters. The first-order valence-electron chi connectivity index (χ1n) is 9.55. The number of pyridine rings is 2. The van der Waals surface area contributed by atoms with E-state index in [1.54, 1.807) is 0 Å². The predicted molar refractivity (Wildman–Crippen MR) is 109 cm³/mol. The number of carbonyl (C=O) groups excluding carboxylic acids is 1. The number of amides is 1. The number of nitrogens with one attached hydrogen (secondary N) is 2. The lowest BCUT2D eigenvalue weighted by Crippen LogP contribution is -2.20. The molecule has 0 radical (unpaired) electrons. The summed E-state index contributed by atoms with van der Waals surface area (Å²) in [6.07, 6.45) is -5.00. The van der Waals surface area contributed by atoms with E-state index < -0.39 is 35.1 Å². The second-order valence-corrected chi connectivity index (χ2v) is 6.90. The molecule has 0 aliphatic heterocycles. The lowest BCUT2D eigenvalue weighted by molar-refractivity contribution is -0.138. The largest absolute Gasteiger partial charge is 0.419 e. The molecule has 0 aliphatic rings. The molecule has 0 atom stereocenters. The van der Waals surface area contributed by atoms with Gasteiger partial charge in [0.2, 0.25) is 5.95 Å². The van der Waals surface area contributed by atoms with E-state index in [9.17, 15) is 31.1 Å². The van der Waals surface area contributed by atoms with Crippen molar-refractivity contribution in [1.82, 2.24) is 35.2 Å². The van der Waals surface area contributed by atoms with Crippen molar-refractivity contribution in [2.24, 2.45) is 0 Å². The van der Waals surface area contributed by atoms with E-state index in [1.807, 2.05) is 0 Å². The van der Waals surface area contributed by atoms with Crippen molar-refractivity contribution < 1.29 is 31.1 Å². The Labute approximate surface area is 191 Å². The van der Waals surface area contributed by atoms with Crippen LogP contribution in [0.2, 0.25) is 0 Å². The highest BCUT2D eigenvalue weighted by Crippen LogP contribution is 2.36. The van der Waals surface area contributed by atoms with Crippen LogP contribution in [0.1, 0.15) is 21.5 Å². The van der Waals surface area contributed by atoms with Crippen LogP contribution in [-0.2, 0) is 12.4 Å². The zero-order valence-corrected chi connectivity index (χ0v) is 17.4. The Hall–Kier alpha value is -4.43. The van der Waals surface area contributed by atoms with Gasteiger partial charge in [0, 0.05) is 31.8 Å². The average Bonchev–Trinajstić information content (AvgIpc) is 2.82. The molecule has 180 valence electrons. The summed E-state index contributed by atoms with van der Waals surface area (Å²) in [6.45, 7) is 0. The van der Waals surface area contributed by atoms with Crippen LogP contribution in [0.3, 0.4) is 0 Å². The highest BCUT2D eigenvalue weighted by Gasteiger charge is 2.36. The molecule has 9 nitrogen and oxygen atoms in total. The fourth-order valence-electron chi connectivity index (χ4n) is 2.95. The maximum absolute atomic E-state index is 13.7. The molecule has 0 spiro atoms. The molecule has 0 aromatic carbocycles. The van der Waals surface area contributed by atoms with Gasteiger partial charge in [0.15, 0.2) is 5.65 Å². The van der Waals surface area contributed by atoms with Gasteiger partial charge in [-0.05, 0) is 12.1 Å². The zero-order valence-electron chi connectivity index (χ0n) is 17.4. The fourth-order valence-corrected chi connectivity index (χ4v) is 2.95. The van der Waals surface area contributed by atoms with Gasteiger partial charge in [0.05, 0.1) is 28.6 Å². The van der Waals surface area contributed by atoms with Crippen molar-refractivity contribution >= 4 is 28.7 Å². The third-order valence-corrected chi connectivity index (χ3v) is 4.60. The summed E-state index contributed by atoms with van der Waals surface area (Å²) in [6, 6.07) is 2.07. The lowest BCUT2D eigenvalue weighted by Gasteiger charge is -2.13. The summed E-state index contributed by atoms with van der Waals surface area (Å²) in [5.74, 6) is -0.927. The Morgan fingerprint density at radius 3 is 2.23 bits per heavy atom. The van der Waals surface area contributed by atoms with E-state index in [0.29, 0.717) is 18.5 Å². The van der Waals surface area contributed by atoms with Crippen molar-refractivity contribution in [3.63, 3.8) is 0 Å². The number of alkyl halides is 6. The zero-order chi connectivity index (χ0) is 25.4. The fraction of sp³-hybridized carbons (Fsp3) is 0.150. The SMILES string of the molecule is CNC(=O)c1cnc(-c2cnc3c(Nc4ncc(C(F)(F)F)cn4)ccnc3n2)c(C(F)(F)F)c1. The van der Waals surface area contributed by atoms with Gasteiger partial charge in [0.1, 0.15) is 16.9 Å². The Morgan fingerprint density at radius 2 is 1.60 bits per heavy atom. The van der Waals surface area contributed by atoms with Gasteiger partial charge in [-0.25, -0.2) is 24.9 Å². The molecule has 4 heterocycles. The summed E-state index contributed by atoms with van der Waals surface area (Å²) in [5.41, 5.74) is -3.14. The maximum Gasteiger partial charge on any atom is 0.419 e. The second kappa shape index (κ2) is 8.73. The number of hydrogen-bond donors (Lipinski definition) is 2. The lowest BCUT2D eigenvalue weighted by atomic mass is 10.1. The van der Waals surface area contributed by atoms with E-state index in [4.69, 9.17) is 0 Å². The highest BCUT2D eigenvalue weighted by molar-refractivity contribution is 5.94. The number of fused-ring (bicyclic) bond motifs is 1. The van der Waals surface area contributed by atoms with Crippen molar-refractivity contribution in [2.75, 3.05) is 12.4 Å². The Morgan fingerprint density at radius 1 is 0.886 bits per heavy atom. The van der Waals surface area contributed by atoms with Crippen LogP contribution >= 0.6 is 0 Å². The molecular formula is C20H12F6N8O. The summed E-state index contributed by atoms with van der Waals surface area (Å²) in [5, 5.41) is 4.90. The van der Waals surface area contributed by atoms with Gasteiger partial charge in [0.25, 0.3) is 5.91 Å². The molecule has 35 heavy (non-hydrogen) atoms. The van der Waals surface area contributed by atoms with Crippen LogP contribution < -0.4 is 10.6 Å². The number of nitrogens with zero attached hydrogens (tertiary/aromatic N) is 6. The Kier molecular flexibility index (Phi) is 5.92. The number of anilines is 2. The van der Waals surface area contributed by atoms with Gasteiger partial charge in [-0.3, -0.25) is 9.78 Å². The van der Waals surface area contributed by atoms with Crippen LogP contribution in [0.25, 0.3) is 22.6 Å². The smallest absolute Gasteiger partial charge is 0.355 e. The van der Waals surface area contributed by atoms with Crippen LogP contribution in [0.4, 0.5) is 38.0 Å². The normalized spacial score (nSPS) is 12.0. The molecule has 0 bridgehead atoms. The van der Waals surface area contributed by atoms with Crippen LogP contribution in [0.5, 0.6) is 0 Å². The first-order chi connectivity index (χ1) is 16.5. The minimum Gasteiger partial charge on any atom is -0.355 e. The molecular weight excluding hydrogens is 482 g/mol. The first kappa shape index (κ1) is 23.7. The number of aromatic nitrogens is 6. The third kappa shape index (κ3) is 4.92. The van der Waals surface area contributed by atoms with Gasteiger partial charge < -0.3 is 10.6 Å². The number of halogens is 6. The third-order valence-electron chi connectivity index (χ3n) is 4.60. The molecule has 0 saturated carbocycles. The van der Waals surface area contributed by atoms with Crippen molar-refractivity contribution in [3.8, 4) is 11.4 Å². The quantitative estimate of drug-likeness (QED) is 0.409. The molecule has 4 aromatic heterocycles. The van der Waals surface area contributed by atoms with E-state index in [2.05, 4.69) is 40.5 Å². The van der Waals surface area contributed by atoms with E-state index in [-0.39, 0.29) is 34.1 Å². The highest BCUT2D eigenvalue weighted by atomic mass is 19.4. The van der Waals surface area contributed by atoms with Gasteiger partial charge >= 0.3 is 12.4 Å². The van der Waals surface area contributed by atoms with Crippen LogP contribution in [0, 0.1) is 0 Å². The predicted octanol–water partition coefficient (Wildman–Crippen LogP) is 4.02. The average molecular weight is 494 g/mol. The summed E-state index contributed by atoms with van der Waals surface area (Å²) >= 11 is 0. The molecule has 4 aromatic rings. The summed E-state index contributed by atoms with van der Waals surface area (Å²) in [4.78, 5) is 34.9. The molecule has 0 aliphatic carbocycles. The van der Waals surface area contributed by atoms with Gasteiger partial charge in [-0.2, -0.15) is 26.3 Å². The monoisotopic (exact) mass is 494 g/mol. The number of rotatable bonds is 4. The van der Waals surface area contributed by atoms with E-state index in [1.165, 1.54) is 19.3 Å². The molecule has 2 N–H and O–H groups in total. The van der Waals surface area contributed by atoms with Gasteiger partial charge in [-0.15, -0.1) is 0 Å². The molecule has 1 amide bonds. The molecule has 15 heteroatoms. The molecule has 4 rings (SSSR count). The van der Waals surface area contributed by atoms with Crippen LogP contribution in [-0.4, -0.2) is 42.9 Å². The van der Waals surface area contributed by atoms with E-state index >= 15 is 0 Å². The van der Waals surface area contributed by atoms with E-state index in [0.717, 1.165) is 12.4 Å². The maximum atomic E-state index is 13.7. The van der Waals surface area contributed by atoms with Gasteiger partial charge in [-0.1, -0.05) is 0 Å². The van der Waals surface area contributed by atoms with Crippen LogP contribution in [0.15, 0.2) is 43.1 Å². The number of hydrogen-bond acceptors (Lipinski definition) is 8. The minimum atomic E-state index is -4.85. The van der Waals surface area contributed by atoms with Crippen molar-refractivity contribution in [2.45, 2.75) is 12.4 Å². The molecule has 0 saturated heterocycles. The first-order valence-corrected chi connectivity index (χ1v) is 9.55. The second-order valence-electron chi connectivity index (χ2n) is 6.90. The minimum absolute atomic E-state index is 0.0790. The summed E-state index contributed by atoms with van der Waals surface area (Å²) < 4.78 is 79.1. The standard InChI is InChI=1S/C20H12F6N8O/c1-27-17(35)9-4-11(20(24,25)26)14(29-5-9)13-8-30-15-12(2-3-28-16(15)33-13)34-18-31-6-10(7-32-18)19(21,22)23/h2-8H,1H3,(H,27,35)(H,28,31,32,33,34). The topological polar surface area (TPSA) is 118 Å². The Balaban J connectivity index is 1.72. The summed E-state index contributed by atoms with van der Waals surface area (Å²) in [7, 11) is 1.27.